The highest BCUT2D eigenvalue weighted by atomic mass is 32.2. The number of thiophene rings is 1. The van der Waals surface area contributed by atoms with Gasteiger partial charge in [-0.2, -0.15) is 4.31 Å². The Bertz CT molecular complexity index is 547. The molecule has 0 saturated carbocycles. The van der Waals surface area contributed by atoms with Crippen molar-refractivity contribution in [3.05, 3.63) is 28.0 Å². The molecule has 0 bridgehead atoms. The molecule has 6 heteroatoms. The lowest BCUT2D eigenvalue weighted by atomic mass is 10.4. The summed E-state index contributed by atoms with van der Waals surface area (Å²) in [6, 6.07) is 1.77. The first kappa shape index (κ1) is 16.4. The quantitative estimate of drug-likeness (QED) is 0.787. The smallest absolute Gasteiger partial charge is 0.244 e. The zero-order valence-corrected chi connectivity index (χ0v) is 13.6. The van der Waals surface area contributed by atoms with E-state index in [-0.39, 0.29) is 0 Å². The zero-order chi connectivity index (χ0) is 14.6. The Morgan fingerprint density at radius 2 is 2.16 bits per heavy atom. The molecule has 0 aromatic carbocycles. The molecule has 0 saturated heterocycles. The van der Waals surface area contributed by atoms with Gasteiger partial charge < -0.3 is 5.32 Å². The van der Waals surface area contributed by atoms with Gasteiger partial charge in [0.2, 0.25) is 10.0 Å². The number of hydrogen-bond donors (Lipinski definition) is 1. The lowest BCUT2D eigenvalue weighted by molar-refractivity contribution is 0.493. The number of sulfonamides is 1. The summed E-state index contributed by atoms with van der Waals surface area (Å²) in [5, 5.41) is 3.21. The second-order valence-corrected chi connectivity index (χ2v) is 7.99. The fraction of sp³-hybridized carbons (Fsp3) is 0.538. The van der Waals surface area contributed by atoms with Crippen LogP contribution in [0, 0.1) is 6.92 Å². The summed E-state index contributed by atoms with van der Waals surface area (Å²) in [4.78, 5) is 2.29. The van der Waals surface area contributed by atoms with Gasteiger partial charge in [0.1, 0.15) is 0 Å². The Balaban J connectivity index is 3.01. The van der Waals surface area contributed by atoms with Crippen LogP contribution >= 0.6 is 11.3 Å². The number of hydrogen-bond acceptors (Lipinski definition) is 4. The predicted molar refractivity (Wildman–Crippen MR) is 81.1 cm³/mol. The van der Waals surface area contributed by atoms with Crippen molar-refractivity contribution in [3.63, 3.8) is 0 Å². The van der Waals surface area contributed by atoms with Gasteiger partial charge in [-0.25, -0.2) is 8.42 Å². The molecule has 0 aliphatic rings. The van der Waals surface area contributed by atoms with Gasteiger partial charge in [0.25, 0.3) is 0 Å². The van der Waals surface area contributed by atoms with Crippen molar-refractivity contribution in [2.45, 2.75) is 32.2 Å². The molecule has 19 heavy (non-hydrogen) atoms. The van der Waals surface area contributed by atoms with Gasteiger partial charge in [0, 0.05) is 29.9 Å². The minimum Gasteiger partial charge on any atom is -0.312 e. The van der Waals surface area contributed by atoms with Crippen LogP contribution in [0.4, 0.5) is 0 Å². The molecule has 1 aromatic heterocycles. The highest BCUT2D eigenvalue weighted by molar-refractivity contribution is 7.89. The van der Waals surface area contributed by atoms with Crippen LogP contribution in [0.15, 0.2) is 23.1 Å². The second-order valence-electron chi connectivity index (χ2n) is 4.63. The fourth-order valence-electron chi connectivity index (χ4n) is 1.75. The molecule has 0 aliphatic carbocycles. The van der Waals surface area contributed by atoms with Crippen LogP contribution in [0.25, 0.3) is 0 Å². The van der Waals surface area contributed by atoms with Gasteiger partial charge in [-0.3, -0.25) is 0 Å². The molecule has 0 unspecified atom stereocenters. The molecule has 1 aromatic rings. The SMILES string of the molecule is C=C(C)CN(C)S(=O)(=O)c1cc(CNCC)sc1C. The summed E-state index contributed by atoms with van der Waals surface area (Å²) in [7, 11) is -1.83. The van der Waals surface area contributed by atoms with Crippen LogP contribution in [0.3, 0.4) is 0 Å². The van der Waals surface area contributed by atoms with Crippen molar-refractivity contribution >= 4 is 21.4 Å². The molecule has 108 valence electrons. The topological polar surface area (TPSA) is 49.4 Å². The molecule has 1 heterocycles. The van der Waals surface area contributed by atoms with Crippen molar-refractivity contribution in [3.8, 4) is 0 Å². The highest BCUT2D eigenvalue weighted by Crippen LogP contribution is 2.28. The lowest BCUT2D eigenvalue weighted by Crippen LogP contribution is -2.28. The van der Waals surface area contributed by atoms with E-state index in [4.69, 9.17) is 0 Å². The van der Waals surface area contributed by atoms with E-state index < -0.39 is 10.0 Å². The fourth-order valence-corrected chi connectivity index (χ4v) is 4.55. The van der Waals surface area contributed by atoms with E-state index in [0.29, 0.717) is 18.0 Å². The minimum atomic E-state index is -3.41. The number of nitrogens with zero attached hydrogens (tertiary/aromatic N) is 1. The van der Waals surface area contributed by atoms with Gasteiger partial charge in [-0.15, -0.1) is 11.3 Å². The summed E-state index contributed by atoms with van der Waals surface area (Å²) in [6.45, 7) is 11.4. The molecule has 0 amide bonds. The maximum Gasteiger partial charge on any atom is 0.244 e. The van der Waals surface area contributed by atoms with E-state index in [1.54, 1.807) is 13.1 Å². The van der Waals surface area contributed by atoms with Crippen LogP contribution < -0.4 is 5.32 Å². The highest BCUT2D eigenvalue weighted by Gasteiger charge is 2.24. The van der Waals surface area contributed by atoms with Gasteiger partial charge in [0.05, 0.1) is 4.90 Å². The molecule has 0 atom stereocenters. The van der Waals surface area contributed by atoms with Crippen molar-refractivity contribution in [2.75, 3.05) is 20.1 Å². The van der Waals surface area contributed by atoms with Crippen LogP contribution in [0.1, 0.15) is 23.6 Å². The van der Waals surface area contributed by atoms with E-state index in [1.807, 2.05) is 20.8 Å². The van der Waals surface area contributed by atoms with Crippen molar-refractivity contribution in [2.24, 2.45) is 0 Å². The third-order valence-corrected chi connectivity index (χ3v) is 5.76. The number of nitrogens with one attached hydrogen (secondary N) is 1. The second kappa shape index (κ2) is 6.65. The Hall–Kier alpha value is -0.690. The molecule has 0 spiro atoms. The van der Waals surface area contributed by atoms with E-state index in [1.165, 1.54) is 15.6 Å². The predicted octanol–water partition coefficient (Wildman–Crippen LogP) is 2.36. The molecule has 4 nitrogen and oxygen atoms in total. The van der Waals surface area contributed by atoms with Gasteiger partial charge in [0.15, 0.2) is 0 Å². The average Bonchev–Trinajstić information content (AvgIpc) is 2.67. The Morgan fingerprint density at radius 1 is 1.53 bits per heavy atom. The van der Waals surface area contributed by atoms with E-state index >= 15 is 0 Å². The Kier molecular flexibility index (Phi) is 5.73. The van der Waals surface area contributed by atoms with E-state index in [0.717, 1.165) is 21.9 Å². The number of likely N-dealkylation sites (N-methyl/N-ethyl adjacent to an activating group) is 1. The standard InChI is InChI=1S/C13H22N2O2S2/c1-6-14-8-12-7-13(11(4)18-12)19(16,17)15(5)9-10(2)3/h7,14H,2,6,8-9H2,1,3-5H3. The Morgan fingerprint density at radius 3 is 2.68 bits per heavy atom. The van der Waals surface area contributed by atoms with E-state index in [2.05, 4.69) is 11.9 Å². The minimum absolute atomic E-state index is 0.347. The van der Waals surface area contributed by atoms with Gasteiger partial charge in [-0.1, -0.05) is 19.1 Å². The zero-order valence-electron chi connectivity index (χ0n) is 12.0. The lowest BCUT2D eigenvalue weighted by Gasteiger charge is -2.16. The molecule has 1 rings (SSSR count). The van der Waals surface area contributed by atoms with Crippen molar-refractivity contribution < 1.29 is 8.42 Å². The van der Waals surface area contributed by atoms with E-state index in [9.17, 15) is 8.42 Å². The van der Waals surface area contributed by atoms with Crippen molar-refractivity contribution in [1.29, 1.82) is 0 Å². The summed E-state index contributed by atoms with van der Waals surface area (Å²) in [6.07, 6.45) is 0. The third kappa shape index (κ3) is 4.14. The van der Waals surface area contributed by atoms with Crippen LogP contribution in [-0.4, -0.2) is 32.9 Å². The summed E-state index contributed by atoms with van der Waals surface area (Å²) >= 11 is 1.53. The van der Waals surface area contributed by atoms with Gasteiger partial charge in [-0.05, 0) is 26.5 Å². The van der Waals surface area contributed by atoms with Crippen LogP contribution in [0.2, 0.25) is 0 Å². The summed E-state index contributed by atoms with van der Waals surface area (Å²) in [5.74, 6) is 0. The maximum absolute atomic E-state index is 12.4. The average molecular weight is 302 g/mol. The third-order valence-electron chi connectivity index (χ3n) is 2.65. The Labute approximate surface area is 120 Å². The molecule has 1 N–H and O–H groups in total. The first-order valence-corrected chi connectivity index (χ1v) is 8.45. The molecule has 0 fully saturated rings. The molecular weight excluding hydrogens is 280 g/mol. The summed E-state index contributed by atoms with van der Waals surface area (Å²) in [5.41, 5.74) is 0.826. The van der Waals surface area contributed by atoms with Crippen LogP contribution in [0.5, 0.6) is 0 Å². The maximum atomic E-state index is 12.4. The van der Waals surface area contributed by atoms with Gasteiger partial charge >= 0.3 is 0 Å². The first-order chi connectivity index (χ1) is 8.78. The number of aryl methyl sites for hydroxylation is 1. The molecular formula is C13H22N2O2S2. The monoisotopic (exact) mass is 302 g/mol. The molecule has 0 radical (unpaired) electrons. The normalized spacial score (nSPS) is 12.1. The van der Waals surface area contributed by atoms with Crippen molar-refractivity contribution in [1.82, 2.24) is 9.62 Å². The van der Waals surface area contributed by atoms with Crippen LogP contribution in [-0.2, 0) is 16.6 Å². The largest absolute Gasteiger partial charge is 0.312 e. The number of rotatable bonds is 7. The molecule has 0 aliphatic heterocycles. The first-order valence-electron chi connectivity index (χ1n) is 6.19. The summed E-state index contributed by atoms with van der Waals surface area (Å²) < 4.78 is 26.2.